The zero-order valence-corrected chi connectivity index (χ0v) is 9.48. The van der Waals surface area contributed by atoms with Gasteiger partial charge in [0.05, 0.1) is 5.69 Å². The number of carbonyl (C=O) groups excluding carboxylic acids is 1. The summed E-state index contributed by atoms with van der Waals surface area (Å²) in [6, 6.07) is 1.74. The number of rotatable bonds is 4. The van der Waals surface area contributed by atoms with E-state index in [1.54, 1.807) is 14.0 Å². The van der Waals surface area contributed by atoms with Gasteiger partial charge in [-0.25, -0.2) is 13.2 Å². The summed E-state index contributed by atoms with van der Waals surface area (Å²) in [5.74, 6) is -5.15. The average molecular weight is 246 g/mol. The van der Waals surface area contributed by atoms with Crippen LogP contribution >= 0.6 is 0 Å². The third-order valence-electron chi connectivity index (χ3n) is 2.25. The molecule has 1 amide bonds. The van der Waals surface area contributed by atoms with Gasteiger partial charge >= 0.3 is 0 Å². The van der Waals surface area contributed by atoms with E-state index < -0.39 is 29.3 Å². The van der Waals surface area contributed by atoms with Crippen LogP contribution < -0.4 is 10.6 Å². The van der Waals surface area contributed by atoms with Gasteiger partial charge in [-0.15, -0.1) is 0 Å². The Balaban J connectivity index is 2.82. The molecule has 1 unspecified atom stereocenters. The molecule has 0 bridgehead atoms. The highest BCUT2D eigenvalue weighted by molar-refractivity contribution is 5.92. The van der Waals surface area contributed by atoms with Gasteiger partial charge in [0.15, 0.2) is 17.5 Å². The summed E-state index contributed by atoms with van der Waals surface area (Å²) < 4.78 is 38.7. The van der Waals surface area contributed by atoms with E-state index in [1.807, 2.05) is 0 Å². The van der Waals surface area contributed by atoms with Crippen molar-refractivity contribution in [2.24, 2.45) is 5.92 Å². The standard InChI is InChI=1S/C11H13F3N2O/c1-6(5-15-2)11(17)16-8-4-3-7(12)9(13)10(8)14/h3-4,6,15H,5H2,1-2H3,(H,16,17). The fourth-order valence-electron chi connectivity index (χ4n) is 1.28. The lowest BCUT2D eigenvalue weighted by atomic mass is 10.1. The Morgan fingerprint density at radius 2 is 1.94 bits per heavy atom. The molecule has 94 valence electrons. The first-order valence-corrected chi connectivity index (χ1v) is 5.06. The first-order valence-electron chi connectivity index (χ1n) is 5.06. The molecule has 3 nitrogen and oxygen atoms in total. The molecule has 1 atom stereocenters. The van der Waals surface area contributed by atoms with Crippen LogP contribution in [-0.4, -0.2) is 19.5 Å². The number of amides is 1. The Kier molecular flexibility index (Phi) is 4.51. The molecular weight excluding hydrogens is 233 g/mol. The van der Waals surface area contributed by atoms with Gasteiger partial charge in [-0.05, 0) is 19.2 Å². The molecule has 6 heteroatoms. The minimum atomic E-state index is -1.59. The number of anilines is 1. The maximum Gasteiger partial charge on any atom is 0.228 e. The Labute approximate surface area is 97.0 Å². The van der Waals surface area contributed by atoms with Gasteiger partial charge < -0.3 is 10.6 Å². The molecule has 1 rings (SSSR count). The highest BCUT2D eigenvalue weighted by Crippen LogP contribution is 2.20. The Bertz CT molecular complexity index is 423. The zero-order valence-electron chi connectivity index (χ0n) is 9.48. The molecule has 0 aliphatic rings. The van der Waals surface area contributed by atoms with Crippen LogP contribution in [0, 0.1) is 23.4 Å². The number of nitrogens with one attached hydrogen (secondary N) is 2. The summed E-state index contributed by atoms with van der Waals surface area (Å²) in [6.07, 6.45) is 0. The van der Waals surface area contributed by atoms with Crippen molar-refractivity contribution in [3.63, 3.8) is 0 Å². The molecular formula is C11H13F3N2O. The molecule has 0 spiro atoms. The quantitative estimate of drug-likeness (QED) is 0.797. The highest BCUT2D eigenvalue weighted by atomic mass is 19.2. The number of benzene rings is 1. The van der Waals surface area contributed by atoms with Crippen LogP contribution in [-0.2, 0) is 4.79 Å². The summed E-state index contributed by atoms with van der Waals surface area (Å²) in [4.78, 5) is 11.5. The minimum Gasteiger partial charge on any atom is -0.323 e. The Morgan fingerprint density at radius 1 is 1.29 bits per heavy atom. The van der Waals surface area contributed by atoms with Crippen LogP contribution in [0.15, 0.2) is 12.1 Å². The van der Waals surface area contributed by atoms with Crippen molar-refractivity contribution in [3.8, 4) is 0 Å². The molecule has 0 aliphatic carbocycles. The van der Waals surface area contributed by atoms with E-state index in [0.29, 0.717) is 6.54 Å². The van der Waals surface area contributed by atoms with Crippen molar-refractivity contribution in [2.45, 2.75) is 6.92 Å². The van der Waals surface area contributed by atoms with Crippen molar-refractivity contribution in [2.75, 3.05) is 18.9 Å². The molecule has 0 saturated heterocycles. The predicted octanol–water partition coefficient (Wildman–Crippen LogP) is 1.90. The lowest BCUT2D eigenvalue weighted by Gasteiger charge is -2.12. The predicted molar refractivity (Wildman–Crippen MR) is 58.0 cm³/mol. The van der Waals surface area contributed by atoms with Gasteiger partial charge in [0.2, 0.25) is 5.91 Å². The van der Waals surface area contributed by atoms with Crippen molar-refractivity contribution in [1.29, 1.82) is 0 Å². The molecule has 1 aromatic carbocycles. The van der Waals surface area contributed by atoms with Crippen LogP contribution in [0.3, 0.4) is 0 Å². The number of hydrogen-bond donors (Lipinski definition) is 2. The van der Waals surface area contributed by atoms with Gasteiger partial charge in [-0.1, -0.05) is 6.92 Å². The van der Waals surface area contributed by atoms with Crippen molar-refractivity contribution in [1.82, 2.24) is 5.32 Å². The number of carbonyl (C=O) groups is 1. The van der Waals surface area contributed by atoms with E-state index in [1.165, 1.54) is 0 Å². The Hall–Kier alpha value is -1.56. The maximum atomic E-state index is 13.2. The molecule has 0 aliphatic heterocycles. The molecule has 0 fully saturated rings. The van der Waals surface area contributed by atoms with Gasteiger partial charge in [-0.3, -0.25) is 4.79 Å². The monoisotopic (exact) mass is 246 g/mol. The average Bonchev–Trinajstić information content (AvgIpc) is 2.30. The van der Waals surface area contributed by atoms with Crippen LogP contribution in [0.25, 0.3) is 0 Å². The lowest BCUT2D eigenvalue weighted by Crippen LogP contribution is -2.29. The summed E-state index contributed by atoms with van der Waals surface area (Å²) in [7, 11) is 1.67. The van der Waals surface area contributed by atoms with E-state index in [-0.39, 0.29) is 5.69 Å². The first kappa shape index (κ1) is 13.5. The molecule has 1 aromatic rings. The van der Waals surface area contributed by atoms with Crippen molar-refractivity contribution in [3.05, 3.63) is 29.6 Å². The highest BCUT2D eigenvalue weighted by Gasteiger charge is 2.17. The Morgan fingerprint density at radius 3 is 2.53 bits per heavy atom. The fourth-order valence-corrected chi connectivity index (χ4v) is 1.28. The normalized spacial score (nSPS) is 12.3. The smallest absolute Gasteiger partial charge is 0.228 e. The molecule has 17 heavy (non-hydrogen) atoms. The number of halogens is 3. The number of hydrogen-bond acceptors (Lipinski definition) is 2. The van der Waals surface area contributed by atoms with E-state index in [4.69, 9.17) is 0 Å². The van der Waals surface area contributed by atoms with Crippen molar-refractivity contribution >= 4 is 11.6 Å². The maximum absolute atomic E-state index is 13.2. The van der Waals surface area contributed by atoms with E-state index in [9.17, 15) is 18.0 Å². The van der Waals surface area contributed by atoms with Crippen LogP contribution in [0.2, 0.25) is 0 Å². The fraction of sp³-hybridized carbons (Fsp3) is 0.364. The van der Waals surface area contributed by atoms with E-state index in [2.05, 4.69) is 10.6 Å². The summed E-state index contributed by atoms with van der Waals surface area (Å²) >= 11 is 0. The minimum absolute atomic E-state index is 0.364. The summed E-state index contributed by atoms with van der Waals surface area (Å²) in [6.45, 7) is 2.03. The summed E-state index contributed by atoms with van der Waals surface area (Å²) in [5, 5.41) is 4.98. The van der Waals surface area contributed by atoms with Crippen LogP contribution in [0.5, 0.6) is 0 Å². The SMILES string of the molecule is CNCC(C)C(=O)Nc1ccc(F)c(F)c1F. The van der Waals surface area contributed by atoms with Gasteiger partial charge in [0.25, 0.3) is 0 Å². The topological polar surface area (TPSA) is 41.1 Å². The van der Waals surface area contributed by atoms with Gasteiger partial charge in [0.1, 0.15) is 0 Å². The third-order valence-corrected chi connectivity index (χ3v) is 2.25. The van der Waals surface area contributed by atoms with Gasteiger partial charge in [-0.2, -0.15) is 0 Å². The second-order valence-electron chi connectivity index (χ2n) is 3.67. The molecule has 0 aromatic heterocycles. The summed E-state index contributed by atoms with van der Waals surface area (Å²) in [5.41, 5.74) is -0.364. The molecule has 0 saturated carbocycles. The zero-order chi connectivity index (χ0) is 13.0. The van der Waals surface area contributed by atoms with Crippen LogP contribution in [0.1, 0.15) is 6.92 Å². The molecule has 2 N–H and O–H groups in total. The second-order valence-corrected chi connectivity index (χ2v) is 3.67. The van der Waals surface area contributed by atoms with E-state index >= 15 is 0 Å². The molecule has 0 radical (unpaired) electrons. The van der Waals surface area contributed by atoms with E-state index in [0.717, 1.165) is 12.1 Å². The molecule has 0 heterocycles. The van der Waals surface area contributed by atoms with Crippen molar-refractivity contribution < 1.29 is 18.0 Å². The van der Waals surface area contributed by atoms with Gasteiger partial charge in [0, 0.05) is 12.5 Å². The second kappa shape index (κ2) is 5.67. The van der Waals surface area contributed by atoms with Crippen LogP contribution in [0.4, 0.5) is 18.9 Å². The largest absolute Gasteiger partial charge is 0.323 e. The lowest BCUT2D eigenvalue weighted by molar-refractivity contribution is -0.119. The third kappa shape index (κ3) is 3.20. The first-order chi connectivity index (χ1) is 7.97.